The molecule has 0 bridgehead atoms. The Morgan fingerprint density at radius 1 is 1.33 bits per heavy atom. The molecule has 0 fully saturated rings. The van der Waals surface area contributed by atoms with Crippen LogP contribution in [0.15, 0.2) is 30.5 Å². The van der Waals surface area contributed by atoms with Crippen LogP contribution in [0.2, 0.25) is 0 Å². The number of nitrogens with zero attached hydrogens (tertiary/aromatic N) is 1. The SMILES string of the molecule is CCCOc1ccc(-c2[nH]c(=S)ncc2F)cc1. The molecule has 2 rings (SSSR count). The number of benzene rings is 1. The van der Waals surface area contributed by atoms with Crippen molar-refractivity contribution >= 4 is 12.2 Å². The van der Waals surface area contributed by atoms with E-state index in [-0.39, 0.29) is 4.77 Å². The number of H-pyrrole nitrogens is 1. The van der Waals surface area contributed by atoms with Crippen LogP contribution in [0.3, 0.4) is 0 Å². The minimum atomic E-state index is -0.425. The standard InChI is InChI=1S/C13H13FN2OS/c1-2-7-17-10-5-3-9(4-6-10)12-11(14)8-15-13(18)16-12/h3-6,8H,2,7H2,1H3,(H,15,16,18). The molecule has 1 N–H and O–H groups in total. The van der Waals surface area contributed by atoms with Crippen molar-refractivity contribution in [2.24, 2.45) is 0 Å². The lowest BCUT2D eigenvalue weighted by Gasteiger charge is -2.06. The minimum absolute atomic E-state index is 0.262. The van der Waals surface area contributed by atoms with Gasteiger partial charge in [0.15, 0.2) is 10.6 Å². The van der Waals surface area contributed by atoms with Crippen LogP contribution in [-0.4, -0.2) is 16.6 Å². The fraction of sp³-hybridized carbons (Fsp3) is 0.231. The van der Waals surface area contributed by atoms with Crippen LogP contribution in [0.5, 0.6) is 5.75 Å². The van der Waals surface area contributed by atoms with Gasteiger partial charge in [-0.25, -0.2) is 9.37 Å². The van der Waals surface area contributed by atoms with Crippen molar-refractivity contribution in [3.8, 4) is 17.0 Å². The summed E-state index contributed by atoms with van der Waals surface area (Å²) < 4.78 is 19.3. The molecule has 2 aromatic rings. The summed E-state index contributed by atoms with van der Waals surface area (Å²) in [6, 6.07) is 7.19. The molecule has 1 heterocycles. The molecular weight excluding hydrogens is 251 g/mol. The molecule has 0 atom stereocenters. The molecule has 0 spiro atoms. The molecule has 0 saturated heterocycles. The molecular formula is C13H13FN2OS. The predicted octanol–water partition coefficient (Wildman–Crippen LogP) is 3.73. The molecule has 5 heteroatoms. The summed E-state index contributed by atoms with van der Waals surface area (Å²) in [7, 11) is 0. The fourth-order valence-electron chi connectivity index (χ4n) is 1.53. The average Bonchev–Trinajstić information content (AvgIpc) is 2.40. The van der Waals surface area contributed by atoms with Gasteiger partial charge >= 0.3 is 0 Å². The summed E-state index contributed by atoms with van der Waals surface area (Å²) in [5, 5.41) is 0. The predicted molar refractivity (Wildman–Crippen MR) is 70.6 cm³/mol. The van der Waals surface area contributed by atoms with E-state index in [9.17, 15) is 4.39 Å². The van der Waals surface area contributed by atoms with Gasteiger partial charge in [0.05, 0.1) is 18.5 Å². The van der Waals surface area contributed by atoms with Crippen LogP contribution in [-0.2, 0) is 0 Å². The van der Waals surface area contributed by atoms with E-state index >= 15 is 0 Å². The van der Waals surface area contributed by atoms with E-state index in [0.717, 1.165) is 18.4 Å². The van der Waals surface area contributed by atoms with Crippen molar-refractivity contribution < 1.29 is 9.13 Å². The monoisotopic (exact) mass is 264 g/mol. The second kappa shape index (κ2) is 5.73. The van der Waals surface area contributed by atoms with Crippen LogP contribution in [0.4, 0.5) is 4.39 Å². The Bertz CT molecular complexity index is 580. The van der Waals surface area contributed by atoms with Gasteiger partial charge in [-0.3, -0.25) is 0 Å². The maximum absolute atomic E-state index is 13.6. The molecule has 94 valence electrons. The molecule has 1 aromatic carbocycles. The smallest absolute Gasteiger partial charge is 0.197 e. The number of aromatic nitrogens is 2. The van der Waals surface area contributed by atoms with Crippen LogP contribution < -0.4 is 4.74 Å². The second-order valence-corrected chi connectivity index (χ2v) is 4.17. The van der Waals surface area contributed by atoms with Crippen molar-refractivity contribution in [1.82, 2.24) is 9.97 Å². The highest BCUT2D eigenvalue weighted by molar-refractivity contribution is 7.71. The minimum Gasteiger partial charge on any atom is -0.494 e. The van der Waals surface area contributed by atoms with E-state index in [1.807, 2.05) is 19.1 Å². The highest BCUT2D eigenvalue weighted by Crippen LogP contribution is 2.22. The Labute approximate surface area is 110 Å². The topological polar surface area (TPSA) is 37.9 Å². The molecule has 0 aliphatic rings. The van der Waals surface area contributed by atoms with Crippen LogP contribution >= 0.6 is 12.2 Å². The largest absolute Gasteiger partial charge is 0.494 e. The average molecular weight is 264 g/mol. The lowest BCUT2D eigenvalue weighted by molar-refractivity contribution is 0.317. The molecule has 3 nitrogen and oxygen atoms in total. The number of hydrogen-bond donors (Lipinski definition) is 1. The van der Waals surface area contributed by atoms with Crippen molar-refractivity contribution in [2.45, 2.75) is 13.3 Å². The molecule has 0 saturated carbocycles. The summed E-state index contributed by atoms with van der Waals surface area (Å²) in [6.45, 7) is 2.71. The first-order valence-electron chi connectivity index (χ1n) is 5.68. The van der Waals surface area contributed by atoms with E-state index in [0.29, 0.717) is 17.9 Å². The van der Waals surface area contributed by atoms with Gasteiger partial charge in [-0.15, -0.1) is 0 Å². The Morgan fingerprint density at radius 3 is 2.72 bits per heavy atom. The van der Waals surface area contributed by atoms with Crippen molar-refractivity contribution in [2.75, 3.05) is 6.61 Å². The molecule has 0 radical (unpaired) electrons. The number of rotatable bonds is 4. The highest BCUT2D eigenvalue weighted by Gasteiger charge is 2.05. The van der Waals surface area contributed by atoms with Crippen LogP contribution in [0.1, 0.15) is 13.3 Å². The van der Waals surface area contributed by atoms with Gasteiger partial charge in [0.25, 0.3) is 0 Å². The van der Waals surface area contributed by atoms with Crippen molar-refractivity contribution in [3.05, 3.63) is 41.1 Å². The van der Waals surface area contributed by atoms with Crippen LogP contribution in [0, 0.1) is 10.6 Å². The van der Waals surface area contributed by atoms with E-state index < -0.39 is 5.82 Å². The third-order valence-corrected chi connectivity index (χ3v) is 2.59. The first-order valence-corrected chi connectivity index (χ1v) is 6.09. The zero-order valence-corrected chi connectivity index (χ0v) is 10.8. The first kappa shape index (κ1) is 12.7. The molecule has 0 amide bonds. The zero-order valence-electron chi connectivity index (χ0n) is 9.94. The maximum Gasteiger partial charge on any atom is 0.197 e. The Morgan fingerprint density at radius 2 is 2.06 bits per heavy atom. The van der Waals surface area contributed by atoms with Gasteiger partial charge in [-0.1, -0.05) is 6.92 Å². The molecule has 0 aliphatic carbocycles. The Kier molecular flexibility index (Phi) is 4.04. The van der Waals surface area contributed by atoms with Gasteiger partial charge in [-0.05, 0) is 42.9 Å². The number of hydrogen-bond acceptors (Lipinski definition) is 3. The Balaban J connectivity index is 2.28. The lowest BCUT2D eigenvalue weighted by Crippen LogP contribution is -1.95. The lowest BCUT2D eigenvalue weighted by atomic mass is 10.1. The quantitative estimate of drug-likeness (QED) is 0.855. The summed E-state index contributed by atoms with van der Waals surface area (Å²) >= 11 is 4.88. The first-order chi connectivity index (χ1) is 8.70. The summed E-state index contributed by atoms with van der Waals surface area (Å²) in [5.41, 5.74) is 1.06. The van der Waals surface area contributed by atoms with Gasteiger partial charge in [0.1, 0.15) is 5.75 Å². The fourth-order valence-corrected chi connectivity index (χ4v) is 1.68. The van der Waals surface area contributed by atoms with E-state index in [1.54, 1.807) is 12.1 Å². The number of halogens is 1. The van der Waals surface area contributed by atoms with Gasteiger partial charge < -0.3 is 9.72 Å². The third-order valence-electron chi connectivity index (χ3n) is 2.38. The van der Waals surface area contributed by atoms with Gasteiger partial charge in [-0.2, -0.15) is 0 Å². The highest BCUT2D eigenvalue weighted by atomic mass is 32.1. The summed E-state index contributed by atoms with van der Waals surface area (Å²) in [5.74, 6) is 0.347. The summed E-state index contributed by atoms with van der Waals surface area (Å²) in [4.78, 5) is 6.42. The van der Waals surface area contributed by atoms with E-state index in [4.69, 9.17) is 17.0 Å². The van der Waals surface area contributed by atoms with E-state index in [1.165, 1.54) is 0 Å². The van der Waals surface area contributed by atoms with Gasteiger partial charge in [0.2, 0.25) is 0 Å². The van der Waals surface area contributed by atoms with Crippen LogP contribution in [0.25, 0.3) is 11.3 Å². The number of aromatic amines is 1. The normalized spacial score (nSPS) is 10.3. The second-order valence-electron chi connectivity index (χ2n) is 3.78. The van der Waals surface area contributed by atoms with Crippen molar-refractivity contribution in [3.63, 3.8) is 0 Å². The number of ether oxygens (including phenoxy) is 1. The molecule has 1 aromatic heterocycles. The Hall–Kier alpha value is -1.75. The summed E-state index contributed by atoms with van der Waals surface area (Å²) in [6.07, 6.45) is 2.07. The van der Waals surface area contributed by atoms with Gasteiger partial charge in [0, 0.05) is 5.56 Å². The van der Waals surface area contributed by atoms with E-state index in [2.05, 4.69) is 9.97 Å². The molecule has 0 aliphatic heterocycles. The van der Waals surface area contributed by atoms with Crippen molar-refractivity contribution in [1.29, 1.82) is 0 Å². The third kappa shape index (κ3) is 2.92. The molecule has 18 heavy (non-hydrogen) atoms. The number of nitrogens with one attached hydrogen (secondary N) is 1. The maximum atomic E-state index is 13.6. The molecule has 0 unspecified atom stereocenters. The zero-order chi connectivity index (χ0) is 13.0.